The van der Waals surface area contributed by atoms with E-state index in [2.05, 4.69) is 39.8 Å². The SMILES string of the molecule is CCCCCCCCc1cc2c(cc1/C(C)=C\c1ccc(C(=O)OCC)cc1)C(C)(C)CCS2(=O)=O. The highest BCUT2D eigenvalue weighted by atomic mass is 32.2. The molecule has 0 radical (unpaired) electrons. The zero-order valence-corrected chi connectivity index (χ0v) is 23.5. The van der Waals surface area contributed by atoms with Crippen molar-refractivity contribution in [3.05, 3.63) is 64.2 Å². The van der Waals surface area contributed by atoms with Crippen molar-refractivity contribution < 1.29 is 17.9 Å². The second-order valence-corrected chi connectivity index (χ2v) is 12.7. The summed E-state index contributed by atoms with van der Waals surface area (Å²) < 4.78 is 31.1. The third-order valence-electron chi connectivity index (χ3n) is 7.29. The monoisotopic (exact) mass is 510 g/mol. The molecule has 1 heterocycles. The van der Waals surface area contributed by atoms with Gasteiger partial charge >= 0.3 is 5.97 Å². The summed E-state index contributed by atoms with van der Waals surface area (Å²) in [6, 6.07) is 11.5. The number of carbonyl (C=O) groups is 1. The Bertz CT molecular complexity index is 1190. The molecule has 196 valence electrons. The Labute approximate surface area is 218 Å². The van der Waals surface area contributed by atoms with Crippen molar-refractivity contribution in [2.45, 2.75) is 96.3 Å². The second-order valence-electron chi connectivity index (χ2n) is 10.6. The maximum Gasteiger partial charge on any atom is 0.338 e. The van der Waals surface area contributed by atoms with Crippen molar-refractivity contribution in [1.82, 2.24) is 0 Å². The van der Waals surface area contributed by atoms with Gasteiger partial charge in [-0.15, -0.1) is 0 Å². The standard InChI is InChI=1S/C31H42O4S/c1-6-8-9-10-11-12-13-26-21-29-28(31(4,5)18-19-36(29,33)34)22-27(26)23(3)20-24-14-16-25(17-15-24)30(32)35-7-2/h14-17,20-22H,6-13,18-19H2,1-5H3/b23-20-. The minimum Gasteiger partial charge on any atom is -0.462 e. The molecule has 1 aliphatic rings. The molecule has 2 aromatic rings. The van der Waals surface area contributed by atoms with E-state index in [1.54, 1.807) is 19.1 Å². The summed E-state index contributed by atoms with van der Waals surface area (Å²) in [6.45, 7) is 10.8. The molecular weight excluding hydrogens is 468 g/mol. The van der Waals surface area contributed by atoms with E-state index < -0.39 is 9.84 Å². The molecule has 0 atom stereocenters. The number of rotatable bonds is 11. The van der Waals surface area contributed by atoms with Crippen LogP contribution in [0.15, 0.2) is 41.3 Å². The minimum absolute atomic E-state index is 0.185. The van der Waals surface area contributed by atoms with Crippen LogP contribution in [0.2, 0.25) is 0 Å². The number of fused-ring (bicyclic) bond motifs is 1. The van der Waals surface area contributed by atoms with E-state index in [4.69, 9.17) is 4.74 Å². The molecule has 0 bridgehead atoms. The summed E-state index contributed by atoms with van der Waals surface area (Å²) in [6.07, 6.45) is 10.8. The quantitative estimate of drug-likeness (QED) is 0.176. The lowest BCUT2D eigenvalue weighted by molar-refractivity contribution is 0.0526. The van der Waals surface area contributed by atoms with Crippen LogP contribution in [-0.4, -0.2) is 26.7 Å². The first kappa shape index (κ1) is 28.2. The molecule has 4 nitrogen and oxygen atoms in total. The molecule has 0 spiro atoms. The number of hydrogen-bond acceptors (Lipinski definition) is 4. The second kappa shape index (κ2) is 12.2. The van der Waals surface area contributed by atoms with Gasteiger partial charge in [0.15, 0.2) is 9.84 Å². The molecule has 0 aromatic heterocycles. The lowest BCUT2D eigenvalue weighted by Crippen LogP contribution is -2.30. The summed E-state index contributed by atoms with van der Waals surface area (Å²) >= 11 is 0. The molecule has 5 heteroatoms. The van der Waals surface area contributed by atoms with E-state index in [0.29, 0.717) is 23.5 Å². The number of ether oxygens (including phenoxy) is 1. The Morgan fingerprint density at radius 2 is 1.67 bits per heavy atom. The molecule has 3 rings (SSSR count). The number of hydrogen-bond donors (Lipinski definition) is 0. The maximum atomic E-state index is 13.0. The van der Waals surface area contributed by atoms with Crippen LogP contribution < -0.4 is 0 Å². The largest absolute Gasteiger partial charge is 0.462 e. The van der Waals surface area contributed by atoms with Crippen molar-refractivity contribution in [2.24, 2.45) is 0 Å². The average molecular weight is 511 g/mol. The Morgan fingerprint density at radius 3 is 2.33 bits per heavy atom. The van der Waals surface area contributed by atoms with E-state index in [0.717, 1.165) is 47.1 Å². The van der Waals surface area contributed by atoms with E-state index in [9.17, 15) is 13.2 Å². The molecule has 36 heavy (non-hydrogen) atoms. The van der Waals surface area contributed by atoms with Crippen LogP contribution in [0.25, 0.3) is 11.6 Å². The number of aryl methyl sites for hydroxylation is 1. The van der Waals surface area contributed by atoms with Crippen LogP contribution in [0, 0.1) is 0 Å². The molecule has 2 aromatic carbocycles. The number of sulfone groups is 1. The van der Waals surface area contributed by atoms with Gasteiger partial charge in [0.05, 0.1) is 22.8 Å². The van der Waals surface area contributed by atoms with Gasteiger partial charge in [-0.25, -0.2) is 13.2 Å². The molecule has 0 fully saturated rings. The summed E-state index contributed by atoms with van der Waals surface area (Å²) in [5.41, 5.74) is 5.62. The van der Waals surface area contributed by atoms with Crippen molar-refractivity contribution in [2.75, 3.05) is 12.4 Å². The molecule has 0 unspecified atom stereocenters. The maximum absolute atomic E-state index is 13.0. The van der Waals surface area contributed by atoms with E-state index in [1.165, 1.54) is 25.7 Å². The van der Waals surface area contributed by atoms with Crippen molar-refractivity contribution >= 4 is 27.5 Å². The predicted molar refractivity (Wildman–Crippen MR) is 149 cm³/mol. The first-order valence-corrected chi connectivity index (χ1v) is 15.1. The highest BCUT2D eigenvalue weighted by molar-refractivity contribution is 7.91. The minimum atomic E-state index is -3.26. The smallest absolute Gasteiger partial charge is 0.338 e. The van der Waals surface area contributed by atoms with Gasteiger partial charge in [-0.2, -0.15) is 0 Å². The molecule has 0 saturated heterocycles. The van der Waals surface area contributed by atoms with Gasteiger partial charge < -0.3 is 4.74 Å². The van der Waals surface area contributed by atoms with Crippen LogP contribution in [0.1, 0.15) is 112 Å². The van der Waals surface area contributed by atoms with Gasteiger partial charge in [0, 0.05) is 0 Å². The Hall–Kier alpha value is -2.40. The van der Waals surface area contributed by atoms with Crippen LogP contribution >= 0.6 is 0 Å². The Balaban J connectivity index is 1.96. The van der Waals surface area contributed by atoms with Crippen LogP contribution in [0.4, 0.5) is 0 Å². The van der Waals surface area contributed by atoms with Gasteiger partial charge in [0.25, 0.3) is 0 Å². The summed E-state index contributed by atoms with van der Waals surface area (Å²) in [7, 11) is -3.26. The predicted octanol–water partition coefficient (Wildman–Crippen LogP) is 7.78. The summed E-state index contributed by atoms with van der Waals surface area (Å²) in [4.78, 5) is 12.5. The van der Waals surface area contributed by atoms with E-state index >= 15 is 0 Å². The van der Waals surface area contributed by atoms with Gasteiger partial charge in [-0.05, 0) is 90.6 Å². The Kier molecular flexibility index (Phi) is 9.57. The van der Waals surface area contributed by atoms with Crippen LogP contribution in [-0.2, 0) is 26.4 Å². The number of carbonyl (C=O) groups excluding carboxylic acids is 1. The zero-order chi connectivity index (χ0) is 26.3. The first-order valence-electron chi connectivity index (χ1n) is 13.4. The van der Waals surface area contributed by atoms with Gasteiger partial charge in [-0.1, -0.05) is 71.1 Å². The molecule has 1 aliphatic heterocycles. The average Bonchev–Trinajstić information content (AvgIpc) is 2.84. The molecule has 0 saturated carbocycles. The van der Waals surface area contributed by atoms with Gasteiger partial charge in [0.2, 0.25) is 0 Å². The lowest BCUT2D eigenvalue weighted by atomic mass is 9.79. The fourth-order valence-electron chi connectivity index (χ4n) is 4.97. The van der Waals surface area contributed by atoms with Gasteiger partial charge in [0.1, 0.15) is 0 Å². The van der Waals surface area contributed by atoms with Gasteiger partial charge in [-0.3, -0.25) is 0 Å². The fraction of sp³-hybridized carbons (Fsp3) is 0.516. The molecule has 0 aliphatic carbocycles. The lowest BCUT2D eigenvalue weighted by Gasteiger charge is -2.33. The summed E-state index contributed by atoms with van der Waals surface area (Å²) in [5, 5.41) is 0. The number of unbranched alkanes of at least 4 members (excludes halogenated alkanes) is 5. The molecule has 0 N–H and O–H groups in total. The normalized spacial score (nSPS) is 16.4. The molecular formula is C31H42O4S. The van der Waals surface area contributed by atoms with Crippen molar-refractivity contribution in [3.63, 3.8) is 0 Å². The highest BCUT2D eigenvalue weighted by Gasteiger charge is 2.36. The first-order chi connectivity index (χ1) is 17.1. The topological polar surface area (TPSA) is 60.4 Å². The molecule has 0 amide bonds. The third-order valence-corrected chi connectivity index (χ3v) is 9.04. The number of benzene rings is 2. The fourth-order valence-corrected chi connectivity index (χ4v) is 6.96. The van der Waals surface area contributed by atoms with E-state index in [-0.39, 0.29) is 17.1 Å². The van der Waals surface area contributed by atoms with Crippen molar-refractivity contribution in [3.8, 4) is 0 Å². The van der Waals surface area contributed by atoms with Crippen LogP contribution in [0.5, 0.6) is 0 Å². The van der Waals surface area contributed by atoms with E-state index in [1.807, 2.05) is 18.2 Å². The van der Waals surface area contributed by atoms with Crippen LogP contribution in [0.3, 0.4) is 0 Å². The summed E-state index contributed by atoms with van der Waals surface area (Å²) in [5.74, 6) is -0.103. The van der Waals surface area contributed by atoms with Crippen molar-refractivity contribution in [1.29, 1.82) is 0 Å². The highest BCUT2D eigenvalue weighted by Crippen LogP contribution is 2.41. The Morgan fingerprint density at radius 1 is 1.00 bits per heavy atom. The third kappa shape index (κ3) is 6.88. The zero-order valence-electron chi connectivity index (χ0n) is 22.7. The number of allylic oxidation sites excluding steroid dienone is 1. The number of esters is 1.